The summed E-state index contributed by atoms with van der Waals surface area (Å²) in [5.41, 5.74) is 0. The van der Waals surface area contributed by atoms with Gasteiger partial charge in [0.1, 0.15) is 6.29 Å². The van der Waals surface area contributed by atoms with Crippen molar-refractivity contribution in [1.29, 1.82) is 0 Å². The third kappa shape index (κ3) is 2.94. The first-order valence-corrected chi connectivity index (χ1v) is 3.50. The molecule has 2 atom stereocenters. The van der Waals surface area contributed by atoms with Gasteiger partial charge in [-0.05, 0) is 6.42 Å². The quantitative estimate of drug-likeness (QED) is 0.535. The van der Waals surface area contributed by atoms with Crippen molar-refractivity contribution in [2.75, 3.05) is 6.61 Å². The molecule has 0 radical (unpaired) electrons. The molecule has 0 heterocycles. The second-order valence-corrected chi connectivity index (χ2v) is 2.34. The number of aliphatic hydroxyl groups is 2. The van der Waals surface area contributed by atoms with Crippen LogP contribution in [0.4, 0.5) is 0 Å². The van der Waals surface area contributed by atoms with Crippen molar-refractivity contribution >= 4 is 6.29 Å². The Balaban J connectivity index is 3.67. The van der Waals surface area contributed by atoms with Gasteiger partial charge < -0.3 is 15.0 Å². The Morgan fingerprint density at radius 2 is 2.20 bits per heavy atom. The van der Waals surface area contributed by atoms with Gasteiger partial charge in [-0.15, -0.1) is 0 Å². The van der Waals surface area contributed by atoms with Gasteiger partial charge in [0.2, 0.25) is 0 Å². The van der Waals surface area contributed by atoms with Gasteiger partial charge in [-0.25, -0.2) is 0 Å². The smallest absolute Gasteiger partial charge is 0.125 e. The third-order valence-corrected chi connectivity index (χ3v) is 1.48. The summed E-state index contributed by atoms with van der Waals surface area (Å²) >= 11 is 0. The Kier molecular flexibility index (Phi) is 5.16. The molecule has 0 rings (SSSR count). The van der Waals surface area contributed by atoms with E-state index in [4.69, 9.17) is 10.2 Å². The van der Waals surface area contributed by atoms with E-state index in [2.05, 4.69) is 0 Å². The average Bonchev–Trinajstić information content (AvgIpc) is 1.99. The summed E-state index contributed by atoms with van der Waals surface area (Å²) in [4.78, 5) is 10.2. The lowest BCUT2D eigenvalue weighted by Crippen LogP contribution is -2.25. The van der Waals surface area contributed by atoms with Crippen molar-refractivity contribution in [3.8, 4) is 0 Å². The highest BCUT2D eigenvalue weighted by molar-refractivity contribution is 5.54. The number of rotatable bonds is 5. The molecule has 0 saturated carbocycles. The minimum Gasteiger partial charge on any atom is -0.394 e. The summed E-state index contributed by atoms with van der Waals surface area (Å²) in [6, 6.07) is 0. The lowest BCUT2D eigenvalue weighted by atomic mass is 10.00. The number of aldehydes is 1. The fraction of sp³-hybridized carbons (Fsp3) is 0.857. The van der Waals surface area contributed by atoms with Crippen molar-refractivity contribution in [2.24, 2.45) is 5.92 Å². The fourth-order valence-electron chi connectivity index (χ4n) is 0.820. The zero-order chi connectivity index (χ0) is 7.98. The highest BCUT2D eigenvalue weighted by atomic mass is 16.3. The first kappa shape index (κ1) is 9.59. The molecule has 2 N–H and O–H groups in total. The minimum absolute atomic E-state index is 0.330. The summed E-state index contributed by atoms with van der Waals surface area (Å²) in [7, 11) is 0. The molecule has 2 unspecified atom stereocenters. The van der Waals surface area contributed by atoms with Crippen LogP contribution in [0.1, 0.15) is 19.8 Å². The van der Waals surface area contributed by atoms with Gasteiger partial charge in [0.05, 0.1) is 12.7 Å². The van der Waals surface area contributed by atoms with Gasteiger partial charge in [0, 0.05) is 5.92 Å². The predicted molar refractivity (Wildman–Crippen MR) is 37.6 cm³/mol. The maximum absolute atomic E-state index is 10.2. The van der Waals surface area contributed by atoms with Crippen molar-refractivity contribution in [2.45, 2.75) is 25.9 Å². The van der Waals surface area contributed by atoms with Crippen LogP contribution in [0.3, 0.4) is 0 Å². The normalized spacial score (nSPS) is 16.3. The molecule has 0 amide bonds. The zero-order valence-electron chi connectivity index (χ0n) is 6.16. The van der Waals surface area contributed by atoms with Crippen LogP contribution >= 0.6 is 0 Å². The van der Waals surface area contributed by atoms with Gasteiger partial charge >= 0.3 is 0 Å². The number of carbonyl (C=O) groups is 1. The third-order valence-electron chi connectivity index (χ3n) is 1.48. The first-order valence-electron chi connectivity index (χ1n) is 3.50. The van der Waals surface area contributed by atoms with Crippen LogP contribution in [-0.4, -0.2) is 29.2 Å². The Labute approximate surface area is 60.7 Å². The van der Waals surface area contributed by atoms with Crippen molar-refractivity contribution < 1.29 is 15.0 Å². The molecule has 60 valence electrons. The fourth-order valence-corrected chi connectivity index (χ4v) is 0.820. The molecule has 0 saturated heterocycles. The Bertz CT molecular complexity index is 92.9. The van der Waals surface area contributed by atoms with E-state index >= 15 is 0 Å². The minimum atomic E-state index is -0.877. The van der Waals surface area contributed by atoms with Crippen LogP contribution < -0.4 is 0 Å². The van der Waals surface area contributed by atoms with Gasteiger partial charge in [-0.3, -0.25) is 0 Å². The summed E-state index contributed by atoms with van der Waals surface area (Å²) in [6.45, 7) is 1.60. The topological polar surface area (TPSA) is 57.5 Å². The van der Waals surface area contributed by atoms with Crippen LogP contribution in [0.2, 0.25) is 0 Å². The molecule has 0 aliphatic heterocycles. The highest BCUT2D eigenvalue weighted by Crippen LogP contribution is 2.07. The molecule has 0 aromatic carbocycles. The van der Waals surface area contributed by atoms with Crippen molar-refractivity contribution in [3.63, 3.8) is 0 Å². The van der Waals surface area contributed by atoms with E-state index in [-0.39, 0.29) is 6.61 Å². The summed E-state index contributed by atoms with van der Waals surface area (Å²) < 4.78 is 0. The van der Waals surface area contributed by atoms with Crippen molar-refractivity contribution in [1.82, 2.24) is 0 Å². The van der Waals surface area contributed by atoms with Crippen LogP contribution in [0.5, 0.6) is 0 Å². The molecule has 0 aliphatic carbocycles. The van der Waals surface area contributed by atoms with Gasteiger partial charge in [0.25, 0.3) is 0 Å². The van der Waals surface area contributed by atoms with E-state index in [1.165, 1.54) is 0 Å². The molecule has 0 aromatic heterocycles. The van der Waals surface area contributed by atoms with E-state index in [1.807, 2.05) is 6.92 Å². The second-order valence-electron chi connectivity index (χ2n) is 2.34. The average molecular weight is 146 g/mol. The number of aliphatic hydroxyl groups excluding tert-OH is 2. The molecular weight excluding hydrogens is 132 g/mol. The predicted octanol–water partition coefficient (Wildman–Crippen LogP) is -0.0452. The first-order chi connectivity index (χ1) is 4.76. The molecule has 0 bridgehead atoms. The zero-order valence-corrected chi connectivity index (χ0v) is 6.16. The largest absolute Gasteiger partial charge is 0.394 e. The molecule has 0 fully saturated rings. The van der Waals surface area contributed by atoms with E-state index in [0.29, 0.717) is 12.7 Å². The second kappa shape index (κ2) is 5.38. The maximum Gasteiger partial charge on any atom is 0.125 e. The Morgan fingerprint density at radius 3 is 2.50 bits per heavy atom. The molecule has 0 spiro atoms. The van der Waals surface area contributed by atoms with Crippen LogP contribution in [0.15, 0.2) is 0 Å². The van der Waals surface area contributed by atoms with Gasteiger partial charge in [0.15, 0.2) is 0 Å². The van der Waals surface area contributed by atoms with Crippen molar-refractivity contribution in [3.05, 3.63) is 0 Å². The molecule has 10 heavy (non-hydrogen) atoms. The molecular formula is C7H14O3. The van der Waals surface area contributed by atoms with E-state index in [0.717, 1.165) is 6.42 Å². The number of carbonyl (C=O) groups excluding carboxylic acids is 1. The lowest BCUT2D eigenvalue weighted by molar-refractivity contribution is -0.115. The van der Waals surface area contributed by atoms with Crippen LogP contribution in [-0.2, 0) is 4.79 Å². The lowest BCUT2D eigenvalue weighted by Gasteiger charge is -2.13. The summed E-state index contributed by atoms with van der Waals surface area (Å²) in [5.74, 6) is -0.394. The molecule has 0 aliphatic rings. The SMILES string of the molecule is CCCC(C=O)C(O)CO. The number of hydrogen-bond acceptors (Lipinski definition) is 3. The van der Waals surface area contributed by atoms with Crippen LogP contribution in [0, 0.1) is 5.92 Å². The Hall–Kier alpha value is -0.410. The monoisotopic (exact) mass is 146 g/mol. The Morgan fingerprint density at radius 1 is 1.60 bits per heavy atom. The standard InChI is InChI=1S/C7H14O3/c1-2-3-6(4-8)7(10)5-9/h4,6-7,9-10H,2-3,5H2,1H3. The molecule has 3 heteroatoms. The van der Waals surface area contributed by atoms with Gasteiger partial charge in [-0.1, -0.05) is 13.3 Å². The van der Waals surface area contributed by atoms with E-state index in [1.54, 1.807) is 0 Å². The summed E-state index contributed by atoms with van der Waals surface area (Å²) in [5, 5.41) is 17.4. The molecule has 0 aromatic rings. The summed E-state index contributed by atoms with van der Waals surface area (Å²) in [6.07, 6.45) is 1.31. The highest BCUT2D eigenvalue weighted by Gasteiger charge is 2.15. The molecule has 3 nitrogen and oxygen atoms in total. The van der Waals surface area contributed by atoms with Crippen LogP contribution in [0.25, 0.3) is 0 Å². The van der Waals surface area contributed by atoms with E-state index < -0.39 is 12.0 Å². The maximum atomic E-state index is 10.2. The number of hydrogen-bond donors (Lipinski definition) is 2. The van der Waals surface area contributed by atoms with E-state index in [9.17, 15) is 4.79 Å². The van der Waals surface area contributed by atoms with Gasteiger partial charge in [-0.2, -0.15) is 0 Å².